The van der Waals surface area contributed by atoms with E-state index in [1.807, 2.05) is 6.20 Å². The SMILES string of the molecule is Cc1ccc(N(c2ccc3c4ccccc4n(-c4ccccc4)c3c2)c2cc3c(c4oc5ccccc5c24)-c2ccccc2C3(c2ccccc2)c2ccccc2)nc1. The van der Waals surface area contributed by atoms with Crippen LogP contribution in [0.3, 0.4) is 0 Å². The van der Waals surface area contributed by atoms with E-state index >= 15 is 0 Å². The standard InChI is InChI=1S/C55H37N3O/c1-36-29-32-51(56-35-36)58(40-30-31-42-41-23-12-15-27-47(41)57(48(42)33-40)39-21-9-4-10-22-39)49-34-46-52(54-53(49)44-25-13-16-28-50(44)59-54)43-24-11-14-26-45(43)55(46,37-17-5-2-6-18-37)38-19-7-3-8-20-38/h2-35H,1H3. The highest BCUT2D eigenvalue weighted by Gasteiger charge is 2.48. The Hall–Kier alpha value is -7.69. The molecular formula is C55H37N3O. The van der Waals surface area contributed by atoms with Gasteiger partial charge in [0, 0.05) is 39.3 Å². The fourth-order valence-electron chi connectivity index (χ4n) is 9.90. The fourth-order valence-corrected chi connectivity index (χ4v) is 9.90. The number of para-hydroxylation sites is 3. The van der Waals surface area contributed by atoms with Crippen molar-refractivity contribution in [1.29, 1.82) is 0 Å². The highest BCUT2D eigenvalue weighted by Crippen LogP contribution is 2.60. The highest BCUT2D eigenvalue weighted by molar-refractivity contribution is 6.19. The molecule has 3 heterocycles. The Morgan fingerprint density at radius 2 is 1.19 bits per heavy atom. The van der Waals surface area contributed by atoms with Crippen molar-refractivity contribution < 1.29 is 4.42 Å². The first-order valence-corrected chi connectivity index (χ1v) is 20.2. The van der Waals surface area contributed by atoms with E-state index in [0.717, 1.165) is 61.5 Å². The summed E-state index contributed by atoms with van der Waals surface area (Å²) in [5.41, 5.74) is 14.7. The number of aromatic nitrogens is 2. The van der Waals surface area contributed by atoms with Crippen LogP contribution in [0.1, 0.15) is 27.8 Å². The maximum Gasteiger partial charge on any atom is 0.145 e. The number of pyridine rings is 1. The van der Waals surface area contributed by atoms with Crippen molar-refractivity contribution >= 4 is 60.9 Å². The van der Waals surface area contributed by atoms with Gasteiger partial charge >= 0.3 is 0 Å². The van der Waals surface area contributed by atoms with Crippen LogP contribution in [0.5, 0.6) is 0 Å². The van der Waals surface area contributed by atoms with Gasteiger partial charge in [-0.1, -0.05) is 152 Å². The van der Waals surface area contributed by atoms with Crippen LogP contribution in [0.25, 0.3) is 60.6 Å². The molecule has 0 saturated heterocycles. The van der Waals surface area contributed by atoms with Crippen molar-refractivity contribution in [3.05, 3.63) is 234 Å². The second-order valence-electron chi connectivity index (χ2n) is 15.6. The van der Waals surface area contributed by atoms with Gasteiger partial charge in [-0.2, -0.15) is 0 Å². The quantitative estimate of drug-likeness (QED) is 0.169. The molecule has 11 aromatic rings. The molecule has 59 heavy (non-hydrogen) atoms. The highest BCUT2D eigenvalue weighted by atomic mass is 16.3. The summed E-state index contributed by atoms with van der Waals surface area (Å²) in [7, 11) is 0. The first-order chi connectivity index (χ1) is 29.2. The van der Waals surface area contributed by atoms with E-state index in [2.05, 4.69) is 217 Å². The summed E-state index contributed by atoms with van der Waals surface area (Å²) in [5.74, 6) is 0.824. The first kappa shape index (κ1) is 33.4. The van der Waals surface area contributed by atoms with Crippen molar-refractivity contribution in [2.45, 2.75) is 12.3 Å². The van der Waals surface area contributed by atoms with Gasteiger partial charge in [-0.3, -0.25) is 4.90 Å². The van der Waals surface area contributed by atoms with Gasteiger partial charge in [-0.25, -0.2) is 4.98 Å². The normalized spacial score (nSPS) is 13.0. The maximum absolute atomic E-state index is 7.13. The summed E-state index contributed by atoms with van der Waals surface area (Å²) in [6.45, 7) is 2.09. The zero-order valence-electron chi connectivity index (χ0n) is 32.4. The molecule has 0 bridgehead atoms. The van der Waals surface area contributed by atoms with Gasteiger partial charge in [0.25, 0.3) is 0 Å². The molecule has 278 valence electrons. The molecule has 0 unspecified atom stereocenters. The fraction of sp³-hybridized carbons (Fsp3) is 0.0364. The third-order valence-electron chi connectivity index (χ3n) is 12.3. The lowest BCUT2D eigenvalue weighted by atomic mass is 9.67. The van der Waals surface area contributed by atoms with Gasteiger partial charge in [0.15, 0.2) is 0 Å². The smallest absolute Gasteiger partial charge is 0.145 e. The molecule has 4 nitrogen and oxygen atoms in total. The molecule has 12 rings (SSSR count). The van der Waals surface area contributed by atoms with Crippen molar-refractivity contribution in [3.63, 3.8) is 0 Å². The van der Waals surface area contributed by atoms with Crippen LogP contribution in [-0.4, -0.2) is 9.55 Å². The maximum atomic E-state index is 7.13. The Morgan fingerprint density at radius 1 is 0.542 bits per heavy atom. The molecule has 0 saturated carbocycles. The Kier molecular flexibility index (Phi) is 7.32. The molecule has 0 radical (unpaired) electrons. The third kappa shape index (κ3) is 4.81. The molecule has 8 aromatic carbocycles. The van der Waals surface area contributed by atoms with Gasteiger partial charge in [-0.05, 0) is 88.8 Å². The summed E-state index contributed by atoms with van der Waals surface area (Å²) in [6, 6.07) is 72.2. The molecule has 0 fully saturated rings. The minimum Gasteiger partial charge on any atom is -0.455 e. The average Bonchev–Trinajstić information content (AvgIpc) is 3.94. The predicted molar refractivity (Wildman–Crippen MR) is 243 cm³/mol. The van der Waals surface area contributed by atoms with E-state index in [4.69, 9.17) is 9.40 Å². The monoisotopic (exact) mass is 755 g/mol. The Morgan fingerprint density at radius 3 is 1.93 bits per heavy atom. The minimum atomic E-state index is -0.633. The zero-order chi connectivity index (χ0) is 39.1. The molecule has 1 aliphatic carbocycles. The number of hydrogen-bond donors (Lipinski definition) is 0. The Bertz CT molecular complexity index is 3340. The van der Waals surface area contributed by atoms with Crippen molar-refractivity contribution in [1.82, 2.24) is 9.55 Å². The molecule has 0 atom stereocenters. The molecule has 0 amide bonds. The van der Waals surface area contributed by atoms with E-state index < -0.39 is 5.41 Å². The third-order valence-corrected chi connectivity index (χ3v) is 12.3. The van der Waals surface area contributed by atoms with Gasteiger partial charge in [-0.15, -0.1) is 0 Å². The topological polar surface area (TPSA) is 34.2 Å². The lowest BCUT2D eigenvalue weighted by molar-refractivity contribution is 0.669. The molecular weight excluding hydrogens is 719 g/mol. The summed E-state index contributed by atoms with van der Waals surface area (Å²) < 4.78 is 9.52. The number of hydrogen-bond acceptors (Lipinski definition) is 3. The van der Waals surface area contributed by atoms with E-state index in [1.54, 1.807) is 0 Å². The van der Waals surface area contributed by atoms with Gasteiger partial charge in [0.2, 0.25) is 0 Å². The van der Waals surface area contributed by atoms with E-state index in [9.17, 15) is 0 Å². The van der Waals surface area contributed by atoms with Gasteiger partial charge in [0.05, 0.1) is 27.5 Å². The average molecular weight is 756 g/mol. The van der Waals surface area contributed by atoms with Crippen LogP contribution < -0.4 is 4.90 Å². The minimum absolute atomic E-state index is 0.633. The molecule has 3 aromatic heterocycles. The number of fused-ring (bicyclic) bond motifs is 10. The molecule has 0 N–H and O–H groups in total. The van der Waals surface area contributed by atoms with Crippen LogP contribution in [-0.2, 0) is 5.41 Å². The van der Waals surface area contributed by atoms with Crippen molar-refractivity contribution in [2.24, 2.45) is 0 Å². The van der Waals surface area contributed by atoms with Gasteiger partial charge in [0.1, 0.15) is 17.0 Å². The number of nitrogens with zero attached hydrogens (tertiary/aromatic N) is 3. The second-order valence-corrected chi connectivity index (χ2v) is 15.6. The Balaban J connectivity index is 1.24. The van der Waals surface area contributed by atoms with E-state index in [-0.39, 0.29) is 0 Å². The molecule has 4 heteroatoms. The lowest BCUT2D eigenvalue weighted by Crippen LogP contribution is -2.28. The summed E-state index contributed by atoms with van der Waals surface area (Å²) >= 11 is 0. The number of anilines is 3. The number of rotatable bonds is 6. The zero-order valence-corrected chi connectivity index (χ0v) is 32.4. The van der Waals surface area contributed by atoms with Crippen LogP contribution in [0.15, 0.2) is 211 Å². The van der Waals surface area contributed by atoms with Gasteiger partial charge < -0.3 is 8.98 Å². The number of furan rings is 1. The van der Waals surface area contributed by atoms with Crippen LogP contribution in [0, 0.1) is 6.92 Å². The Labute approximate surface area is 341 Å². The predicted octanol–water partition coefficient (Wildman–Crippen LogP) is 14.2. The van der Waals surface area contributed by atoms with Crippen LogP contribution >= 0.6 is 0 Å². The molecule has 1 aliphatic rings. The van der Waals surface area contributed by atoms with Crippen molar-refractivity contribution in [2.75, 3.05) is 4.90 Å². The first-order valence-electron chi connectivity index (χ1n) is 20.2. The lowest BCUT2D eigenvalue weighted by Gasteiger charge is -2.35. The van der Waals surface area contributed by atoms with Crippen LogP contribution in [0.2, 0.25) is 0 Å². The van der Waals surface area contributed by atoms with E-state index in [1.165, 1.54) is 44.1 Å². The second kappa shape index (κ2) is 12.9. The van der Waals surface area contributed by atoms with E-state index in [0.29, 0.717) is 0 Å². The molecule has 0 spiro atoms. The number of benzene rings is 8. The summed E-state index contributed by atoms with van der Waals surface area (Å²) in [4.78, 5) is 7.53. The number of aryl methyl sites for hydroxylation is 1. The van der Waals surface area contributed by atoms with Crippen LogP contribution in [0.4, 0.5) is 17.2 Å². The summed E-state index contributed by atoms with van der Waals surface area (Å²) in [5, 5.41) is 4.52. The molecule has 0 aliphatic heterocycles. The van der Waals surface area contributed by atoms with Crippen molar-refractivity contribution in [3.8, 4) is 16.8 Å². The largest absolute Gasteiger partial charge is 0.455 e. The summed E-state index contributed by atoms with van der Waals surface area (Å²) in [6.07, 6.45) is 1.97.